The van der Waals surface area contributed by atoms with E-state index in [1.165, 1.54) is 7.11 Å². The molecule has 0 aliphatic heterocycles. The maximum Gasteiger partial charge on any atom is 0.307 e. The lowest BCUT2D eigenvalue weighted by Gasteiger charge is -2.14. The van der Waals surface area contributed by atoms with Gasteiger partial charge in [0.25, 0.3) is 0 Å². The molecule has 1 aromatic rings. The van der Waals surface area contributed by atoms with Crippen molar-refractivity contribution in [2.45, 2.75) is 19.4 Å². The van der Waals surface area contributed by atoms with Crippen LogP contribution in [0.25, 0.3) is 0 Å². The molecule has 82 valence electrons. The van der Waals surface area contributed by atoms with Crippen molar-refractivity contribution in [1.82, 2.24) is 0 Å². The van der Waals surface area contributed by atoms with E-state index in [9.17, 15) is 4.79 Å². The Hall–Kier alpha value is -0.870. The van der Waals surface area contributed by atoms with Gasteiger partial charge in [0.15, 0.2) is 0 Å². The van der Waals surface area contributed by atoms with Gasteiger partial charge in [0.1, 0.15) is 0 Å². The minimum atomic E-state index is -0.310. The first-order valence-corrected chi connectivity index (χ1v) is 5.43. The third-order valence-corrected chi connectivity index (χ3v) is 3.18. The van der Waals surface area contributed by atoms with Crippen LogP contribution in [0.15, 0.2) is 22.7 Å². The van der Waals surface area contributed by atoms with Gasteiger partial charge < -0.3 is 10.5 Å². The Morgan fingerprint density at radius 2 is 2.27 bits per heavy atom. The summed E-state index contributed by atoms with van der Waals surface area (Å²) in [6, 6.07) is 5.47. The summed E-state index contributed by atoms with van der Waals surface area (Å²) in [5.74, 6) is -0.290. The Kier molecular flexibility index (Phi) is 4.29. The summed E-state index contributed by atoms with van der Waals surface area (Å²) in [5.41, 5.74) is 7.95. The molecule has 0 amide bonds. The molecule has 0 spiro atoms. The van der Waals surface area contributed by atoms with Gasteiger partial charge in [-0.2, -0.15) is 0 Å². The number of hydrogen-bond acceptors (Lipinski definition) is 3. The Morgan fingerprint density at radius 1 is 1.60 bits per heavy atom. The monoisotopic (exact) mass is 271 g/mol. The summed E-state index contributed by atoms with van der Waals surface area (Å²) in [6.45, 7) is 1.97. The summed E-state index contributed by atoms with van der Waals surface area (Å²) >= 11 is 3.43. The zero-order valence-corrected chi connectivity index (χ0v) is 10.4. The van der Waals surface area contributed by atoms with Crippen LogP contribution in [-0.2, 0) is 9.53 Å². The van der Waals surface area contributed by atoms with E-state index in [1.54, 1.807) is 0 Å². The lowest BCUT2D eigenvalue weighted by molar-refractivity contribution is -0.141. The predicted molar refractivity (Wildman–Crippen MR) is 62.4 cm³/mol. The first-order valence-electron chi connectivity index (χ1n) is 4.63. The summed E-state index contributed by atoms with van der Waals surface area (Å²) in [5, 5.41) is 0. The van der Waals surface area contributed by atoms with Crippen LogP contribution in [0.2, 0.25) is 0 Å². The number of hydrogen-bond donors (Lipinski definition) is 1. The highest BCUT2D eigenvalue weighted by molar-refractivity contribution is 9.10. The number of benzene rings is 1. The van der Waals surface area contributed by atoms with Crippen molar-refractivity contribution in [2.75, 3.05) is 7.11 Å². The van der Waals surface area contributed by atoms with Crippen LogP contribution in [0.3, 0.4) is 0 Å². The average Bonchev–Trinajstić information content (AvgIpc) is 2.21. The van der Waals surface area contributed by atoms with Crippen LogP contribution in [0, 0.1) is 6.92 Å². The van der Waals surface area contributed by atoms with Gasteiger partial charge in [-0.25, -0.2) is 0 Å². The molecule has 0 radical (unpaired) electrons. The van der Waals surface area contributed by atoms with Crippen molar-refractivity contribution in [2.24, 2.45) is 5.73 Å². The number of ether oxygens (including phenoxy) is 1. The topological polar surface area (TPSA) is 52.3 Å². The molecule has 0 saturated heterocycles. The molecular formula is C11H14BrNO2. The summed E-state index contributed by atoms with van der Waals surface area (Å²) in [7, 11) is 1.36. The van der Waals surface area contributed by atoms with Gasteiger partial charge in [0, 0.05) is 10.5 Å². The minimum Gasteiger partial charge on any atom is -0.469 e. The number of rotatable bonds is 3. The Balaban J connectivity index is 2.86. The molecule has 1 aromatic carbocycles. The van der Waals surface area contributed by atoms with Gasteiger partial charge >= 0.3 is 5.97 Å². The molecule has 0 bridgehead atoms. The molecule has 15 heavy (non-hydrogen) atoms. The van der Waals surface area contributed by atoms with Crippen LogP contribution in [0.5, 0.6) is 0 Å². The molecule has 0 saturated carbocycles. The largest absolute Gasteiger partial charge is 0.469 e. The van der Waals surface area contributed by atoms with E-state index in [0.29, 0.717) is 0 Å². The minimum absolute atomic E-state index is 0.202. The first kappa shape index (κ1) is 12.2. The predicted octanol–water partition coefficient (Wildman–Crippen LogP) is 2.32. The standard InChI is InChI=1S/C11H14BrNO2/c1-7-8(4-3-5-9(7)12)10(13)6-11(14)15-2/h3-5,10H,6,13H2,1-2H3. The molecular weight excluding hydrogens is 258 g/mol. The zero-order valence-electron chi connectivity index (χ0n) is 8.79. The first-order chi connectivity index (χ1) is 7.06. The Morgan fingerprint density at radius 3 is 2.87 bits per heavy atom. The molecule has 4 heteroatoms. The summed E-state index contributed by atoms with van der Waals surface area (Å²) in [4.78, 5) is 11.1. The molecule has 0 aromatic heterocycles. The van der Waals surface area contributed by atoms with Gasteiger partial charge in [0.2, 0.25) is 0 Å². The Bertz CT molecular complexity index is 366. The summed E-state index contributed by atoms with van der Waals surface area (Å²) in [6.07, 6.45) is 0.202. The second kappa shape index (κ2) is 5.28. The van der Waals surface area contributed by atoms with Crippen molar-refractivity contribution >= 4 is 21.9 Å². The van der Waals surface area contributed by atoms with E-state index in [1.807, 2.05) is 25.1 Å². The number of methoxy groups -OCH3 is 1. The van der Waals surface area contributed by atoms with Crippen molar-refractivity contribution in [3.05, 3.63) is 33.8 Å². The number of nitrogens with two attached hydrogens (primary N) is 1. The molecule has 3 nitrogen and oxygen atoms in total. The van der Waals surface area contributed by atoms with E-state index < -0.39 is 0 Å². The van der Waals surface area contributed by atoms with Crippen molar-refractivity contribution in [1.29, 1.82) is 0 Å². The van der Waals surface area contributed by atoms with Gasteiger partial charge in [-0.15, -0.1) is 0 Å². The Labute approximate surface area is 97.7 Å². The zero-order chi connectivity index (χ0) is 11.4. The molecule has 0 fully saturated rings. The number of halogens is 1. The van der Waals surface area contributed by atoms with E-state index in [0.717, 1.165) is 15.6 Å². The highest BCUT2D eigenvalue weighted by Crippen LogP contribution is 2.25. The van der Waals surface area contributed by atoms with E-state index in [4.69, 9.17) is 5.73 Å². The van der Waals surface area contributed by atoms with Gasteiger partial charge in [-0.1, -0.05) is 28.1 Å². The quantitative estimate of drug-likeness (QED) is 0.859. The lowest BCUT2D eigenvalue weighted by atomic mass is 10.00. The summed E-state index contributed by atoms with van der Waals surface area (Å²) < 4.78 is 5.58. The molecule has 1 rings (SSSR count). The molecule has 1 atom stereocenters. The molecule has 0 aliphatic carbocycles. The second-order valence-corrected chi connectivity index (χ2v) is 4.20. The highest BCUT2D eigenvalue weighted by Gasteiger charge is 2.14. The van der Waals surface area contributed by atoms with Gasteiger partial charge in [0.05, 0.1) is 13.5 Å². The lowest BCUT2D eigenvalue weighted by Crippen LogP contribution is -2.17. The van der Waals surface area contributed by atoms with E-state index in [2.05, 4.69) is 20.7 Å². The van der Waals surface area contributed by atoms with Crippen LogP contribution in [0.1, 0.15) is 23.6 Å². The van der Waals surface area contributed by atoms with Crippen LogP contribution in [-0.4, -0.2) is 13.1 Å². The van der Waals surface area contributed by atoms with Crippen molar-refractivity contribution in [3.8, 4) is 0 Å². The molecule has 2 N–H and O–H groups in total. The number of carbonyl (C=O) groups is 1. The fraction of sp³-hybridized carbons (Fsp3) is 0.364. The number of esters is 1. The van der Waals surface area contributed by atoms with E-state index >= 15 is 0 Å². The molecule has 0 heterocycles. The van der Waals surface area contributed by atoms with Gasteiger partial charge in [-0.05, 0) is 24.1 Å². The fourth-order valence-electron chi connectivity index (χ4n) is 1.40. The molecule has 0 aliphatic rings. The molecule has 1 unspecified atom stereocenters. The second-order valence-electron chi connectivity index (χ2n) is 3.34. The fourth-order valence-corrected chi connectivity index (χ4v) is 1.78. The number of carbonyl (C=O) groups excluding carboxylic acids is 1. The SMILES string of the molecule is COC(=O)CC(N)c1cccc(Br)c1C. The highest BCUT2D eigenvalue weighted by atomic mass is 79.9. The van der Waals surface area contributed by atoms with Crippen molar-refractivity contribution < 1.29 is 9.53 Å². The maximum atomic E-state index is 11.1. The van der Waals surface area contributed by atoms with Crippen LogP contribution >= 0.6 is 15.9 Å². The third kappa shape index (κ3) is 3.04. The maximum absolute atomic E-state index is 11.1. The van der Waals surface area contributed by atoms with Crippen LogP contribution in [0.4, 0.5) is 0 Å². The van der Waals surface area contributed by atoms with E-state index in [-0.39, 0.29) is 18.4 Å². The van der Waals surface area contributed by atoms with Crippen LogP contribution < -0.4 is 5.73 Å². The third-order valence-electron chi connectivity index (χ3n) is 2.32. The van der Waals surface area contributed by atoms with Gasteiger partial charge in [-0.3, -0.25) is 4.79 Å². The smallest absolute Gasteiger partial charge is 0.307 e. The van der Waals surface area contributed by atoms with Crippen molar-refractivity contribution in [3.63, 3.8) is 0 Å². The average molecular weight is 272 g/mol. The normalized spacial score (nSPS) is 12.3.